The van der Waals surface area contributed by atoms with Gasteiger partial charge in [-0.3, -0.25) is 38.9 Å². The lowest BCUT2D eigenvalue weighted by Gasteiger charge is -2.25. The molecule has 2 heterocycles. The van der Waals surface area contributed by atoms with Gasteiger partial charge in [0.25, 0.3) is 11.8 Å². The van der Waals surface area contributed by atoms with Crippen molar-refractivity contribution < 1.29 is 47.7 Å². The fraction of sp³-hybridized carbons (Fsp3) is 0.444. The SMILES string of the molecule is CC(=O)OC(C)C(=O)OC(C)C(=O)N1CCN(C(=O)C(C)OC(=O)C(C)OC(C)=O)C1=Nc1ccc2nccnc2c1Br. The van der Waals surface area contributed by atoms with Crippen molar-refractivity contribution in [1.29, 1.82) is 0 Å². The number of benzene rings is 1. The molecule has 0 bridgehead atoms. The van der Waals surface area contributed by atoms with E-state index in [0.29, 0.717) is 21.2 Å². The van der Waals surface area contributed by atoms with Gasteiger partial charge in [-0.2, -0.15) is 0 Å². The summed E-state index contributed by atoms with van der Waals surface area (Å²) in [5, 5.41) is 0. The molecule has 3 rings (SSSR count). The predicted octanol–water partition coefficient (Wildman–Crippen LogP) is 1.82. The average molecular weight is 664 g/mol. The van der Waals surface area contributed by atoms with Gasteiger partial charge in [-0.25, -0.2) is 14.6 Å². The van der Waals surface area contributed by atoms with Crippen molar-refractivity contribution in [2.45, 2.75) is 66.0 Å². The van der Waals surface area contributed by atoms with Crippen LogP contribution in [0.4, 0.5) is 5.69 Å². The van der Waals surface area contributed by atoms with Crippen molar-refractivity contribution in [3.8, 4) is 0 Å². The summed E-state index contributed by atoms with van der Waals surface area (Å²) in [6.45, 7) is 7.42. The highest BCUT2D eigenvalue weighted by Crippen LogP contribution is 2.32. The number of fused-ring (bicyclic) bond motifs is 1. The van der Waals surface area contributed by atoms with E-state index in [1.54, 1.807) is 12.1 Å². The molecule has 1 aliphatic rings. The Morgan fingerprint density at radius 2 is 1.21 bits per heavy atom. The number of carbonyl (C=O) groups is 6. The van der Waals surface area contributed by atoms with Crippen LogP contribution in [0.25, 0.3) is 11.0 Å². The lowest BCUT2D eigenvalue weighted by Crippen LogP contribution is -2.48. The number of carbonyl (C=O) groups excluding carboxylic acids is 6. The van der Waals surface area contributed by atoms with Gasteiger partial charge in [0, 0.05) is 39.3 Å². The Kier molecular flexibility index (Phi) is 10.9. The summed E-state index contributed by atoms with van der Waals surface area (Å²) in [6.07, 6.45) is -2.19. The van der Waals surface area contributed by atoms with Gasteiger partial charge in [0.15, 0.2) is 24.4 Å². The van der Waals surface area contributed by atoms with E-state index in [4.69, 9.17) is 18.9 Å². The van der Waals surface area contributed by atoms with Crippen molar-refractivity contribution in [3.63, 3.8) is 0 Å². The number of hydrogen-bond donors (Lipinski definition) is 0. The van der Waals surface area contributed by atoms with Crippen molar-refractivity contribution in [2.75, 3.05) is 13.1 Å². The van der Waals surface area contributed by atoms with Gasteiger partial charge in [-0.1, -0.05) is 0 Å². The van der Waals surface area contributed by atoms with Gasteiger partial charge >= 0.3 is 23.9 Å². The third kappa shape index (κ3) is 8.09. The van der Waals surface area contributed by atoms with Gasteiger partial charge < -0.3 is 18.9 Å². The van der Waals surface area contributed by atoms with E-state index in [9.17, 15) is 28.8 Å². The minimum Gasteiger partial charge on any atom is -0.451 e. The number of aromatic nitrogens is 2. The van der Waals surface area contributed by atoms with E-state index in [-0.39, 0.29) is 19.0 Å². The van der Waals surface area contributed by atoms with Crippen LogP contribution < -0.4 is 0 Å². The summed E-state index contributed by atoms with van der Waals surface area (Å²) in [5.41, 5.74) is 1.33. The molecule has 15 nitrogen and oxygen atoms in total. The molecule has 2 aromatic rings. The second-order valence-electron chi connectivity index (χ2n) is 9.38. The molecule has 0 aliphatic carbocycles. The molecular weight excluding hydrogens is 634 g/mol. The Morgan fingerprint density at radius 1 is 0.744 bits per heavy atom. The molecule has 1 aromatic carbocycles. The number of ether oxygens (including phenoxy) is 4. The smallest absolute Gasteiger partial charge is 0.347 e. The molecule has 0 saturated carbocycles. The highest BCUT2D eigenvalue weighted by atomic mass is 79.9. The number of aliphatic imine (C=N–C) groups is 1. The van der Waals surface area contributed by atoms with Crippen LogP contribution in [-0.2, 0) is 47.7 Å². The highest BCUT2D eigenvalue weighted by Gasteiger charge is 2.41. The van der Waals surface area contributed by atoms with Gasteiger partial charge in [-0.05, 0) is 55.8 Å². The average Bonchev–Trinajstić information content (AvgIpc) is 3.36. The first-order valence-corrected chi connectivity index (χ1v) is 13.9. The quantitative estimate of drug-likeness (QED) is 0.280. The fourth-order valence-corrected chi connectivity index (χ4v) is 4.47. The Labute approximate surface area is 254 Å². The molecule has 1 saturated heterocycles. The van der Waals surface area contributed by atoms with E-state index in [2.05, 4.69) is 30.9 Å². The number of nitrogens with zero attached hydrogens (tertiary/aromatic N) is 5. The molecule has 0 radical (unpaired) electrons. The first-order valence-electron chi connectivity index (χ1n) is 13.1. The second kappa shape index (κ2) is 14.1. The number of amides is 2. The van der Waals surface area contributed by atoms with Crippen molar-refractivity contribution >= 4 is 74.3 Å². The van der Waals surface area contributed by atoms with Crippen molar-refractivity contribution in [3.05, 3.63) is 29.0 Å². The highest BCUT2D eigenvalue weighted by molar-refractivity contribution is 9.10. The molecule has 2 amide bonds. The van der Waals surface area contributed by atoms with Crippen LogP contribution in [0.2, 0.25) is 0 Å². The molecule has 16 heteroatoms. The molecule has 0 N–H and O–H groups in total. The van der Waals surface area contributed by atoms with Crippen molar-refractivity contribution in [2.24, 2.45) is 4.99 Å². The summed E-state index contributed by atoms with van der Waals surface area (Å²) in [7, 11) is 0. The third-order valence-electron chi connectivity index (χ3n) is 5.97. The van der Waals surface area contributed by atoms with Gasteiger partial charge in [0.2, 0.25) is 5.96 Å². The topological polar surface area (TPSA) is 184 Å². The Balaban J connectivity index is 1.94. The first-order chi connectivity index (χ1) is 20.2. The summed E-state index contributed by atoms with van der Waals surface area (Å²) >= 11 is 3.46. The van der Waals surface area contributed by atoms with Crippen LogP contribution in [0.15, 0.2) is 34.0 Å². The molecule has 4 atom stereocenters. The van der Waals surface area contributed by atoms with Crippen molar-refractivity contribution in [1.82, 2.24) is 19.8 Å². The number of guanidine groups is 1. The summed E-state index contributed by atoms with van der Waals surface area (Å²) < 4.78 is 20.5. The maximum absolute atomic E-state index is 13.5. The minimum atomic E-state index is -1.35. The molecule has 230 valence electrons. The minimum absolute atomic E-state index is 0.0413. The number of esters is 4. The maximum atomic E-state index is 13.5. The zero-order chi connectivity index (χ0) is 32.0. The van der Waals surface area contributed by atoms with Crippen LogP contribution in [0, 0.1) is 0 Å². The lowest BCUT2D eigenvalue weighted by molar-refractivity contribution is -0.171. The fourth-order valence-electron chi connectivity index (χ4n) is 3.94. The van der Waals surface area contributed by atoms with E-state index < -0.39 is 60.1 Å². The van der Waals surface area contributed by atoms with Crippen LogP contribution in [0.5, 0.6) is 0 Å². The largest absolute Gasteiger partial charge is 0.451 e. The van der Waals surface area contributed by atoms with Gasteiger partial charge in [0.05, 0.1) is 15.7 Å². The summed E-state index contributed by atoms with van der Waals surface area (Å²) in [4.78, 5) is 89.5. The van der Waals surface area contributed by atoms with E-state index in [0.717, 1.165) is 23.6 Å². The van der Waals surface area contributed by atoms with Gasteiger partial charge in [0.1, 0.15) is 5.52 Å². The van der Waals surface area contributed by atoms with E-state index in [1.165, 1.54) is 40.1 Å². The number of rotatable bonds is 9. The van der Waals surface area contributed by atoms with Crippen LogP contribution >= 0.6 is 15.9 Å². The molecule has 1 aromatic heterocycles. The normalized spacial score (nSPS) is 15.7. The Bertz CT molecular complexity index is 1420. The Morgan fingerprint density at radius 3 is 1.67 bits per heavy atom. The molecular formula is C27H30BrN5O10. The van der Waals surface area contributed by atoms with Gasteiger partial charge in [-0.15, -0.1) is 0 Å². The van der Waals surface area contributed by atoms with Crippen LogP contribution in [0.3, 0.4) is 0 Å². The first kappa shape index (κ1) is 33.0. The van der Waals surface area contributed by atoms with E-state index >= 15 is 0 Å². The predicted molar refractivity (Wildman–Crippen MR) is 151 cm³/mol. The van der Waals surface area contributed by atoms with E-state index in [1.807, 2.05) is 0 Å². The third-order valence-corrected chi connectivity index (χ3v) is 6.75. The number of halogens is 1. The van der Waals surface area contributed by atoms with Crippen LogP contribution in [0.1, 0.15) is 41.5 Å². The summed E-state index contributed by atoms with van der Waals surface area (Å²) in [5.74, 6) is -4.86. The standard InChI is InChI=1S/C27H30BrN5O10/c1-13(42-25(38)15(3)40-17(5)34)23(36)32-11-12-33(24(37)14(2)43-26(39)16(4)41-18(6)35)27(32)31-19-7-8-20-22(21(19)28)30-10-9-29-20/h7-10,13-16H,11-12H2,1-6H3. The van der Waals surface area contributed by atoms with Crippen LogP contribution in [-0.4, -0.2) is 98.9 Å². The zero-order valence-electron chi connectivity index (χ0n) is 24.2. The lowest BCUT2D eigenvalue weighted by atomic mass is 10.2. The zero-order valence-corrected chi connectivity index (χ0v) is 25.8. The molecule has 4 unspecified atom stereocenters. The molecule has 1 fully saturated rings. The monoisotopic (exact) mass is 663 g/mol. The molecule has 0 spiro atoms. The maximum Gasteiger partial charge on any atom is 0.347 e. The molecule has 1 aliphatic heterocycles. The second-order valence-corrected chi connectivity index (χ2v) is 10.2. The number of hydrogen-bond acceptors (Lipinski definition) is 13. The summed E-state index contributed by atoms with van der Waals surface area (Å²) in [6, 6.07) is 3.26. The Hall–Kier alpha value is -4.47. The molecule has 43 heavy (non-hydrogen) atoms.